The Morgan fingerprint density at radius 1 is 1.30 bits per heavy atom. The molecule has 0 aliphatic heterocycles. The predicted octanol–water partition coefficient (Wildman–Crippen LogP) is 4.56. The molecule has 5 nitrogen and oxygen atoms in total. The monoisotopic (exact) mass is 380 g/mol. The summed E-state index contributed by atoms with van der Waals surface area (Å²) in [6.07, 6.45) is 2.96. The summed E-state index contributed by atoms with van der Waals surface area (Å²) in [5, 5.41) is 4.71. The molecule has 2 aromatic rings. The van der Waals surface area contributed by atoms with Crippen molar-refractivity contribution in [2.75, 3.05) is 5.73 Å². The van der Waals surface area contributed by atoms with Gasteiger partial charge >= 0.3 is 6.61 Å². The van der Waals surface area contributed by atoms with Gasteiger partial charge in [-0.1, -0.05) is 6.92 Å². The molecule has 2 aromatic heterocycles. The maximum absolute atomic E-state index is 13.6. The van der Waals surface area contributed by atoms with Crippen molar-refractivity contribution in [3.63, 3.8) is 0 Å². The normalized spacial score (nSPS) is 27.6. The van der Waals surface area contributed by atoms with Gasteiger partial charge in [0.1, 0.15) is 6.17 Å². The minimum atomic E-state index is -2.97. The zero-order chi connectivity index (χ0) is 19.3. The topological polar surface area (TPSA) is 66.0 Å². The van der Waals surface area contributed by atoms with Crippen molar-refractivity contribution in [1.82, 2.24) is 14.8 Å². The summed E-state index contributed by atoms with van der Waals surface area (Å²) in [6, 6.07) is 3.60. The molecule has 0 aromatic carbocycles. The summed E-state index contributed by atoms with van der Waals surface area (Å²) in [7, 11) is 0. The van der Waals surface area contributed by atoms with Crippen molar-refractivity contribution >= 4 is 5.82 Å². The van der Waals surface area contributed by atoms with Gasteiger partial charge in [-0.25, -0.2) is 9.37 Å². The lowest BCUT2D eigenvalue weighted by Gasteiger charge is -2.15. The van der Waals surface area contributed by atoms with Crippen molar-refractivity contribution in [2.45, 2.75) is 57.9 Å². The maximum atomic E-state index is 13.6. The molecule has 0 spiro atoms. The Labute approximate surface area is 155 Å². The highest BCUT2D eigenvalue weighted by Gasteiger charge is 2.58. The van der Waals surface area contributed by atoms with Gasteiger partial charge in [0.2, 0.25) is 0 Å². The van der Waals surface area contributed by atoms with Crippen LogP contribution in [0.1, 0.15) is 50.8 Å². The Hall–Kier alpha value is -2.25. The summed E-state index contributed by atoms with van der Waals surface area (Å²) in [5.74, 6) is 0.840. The van der Waals surface area contributed by atoms with Crippen LogP contribution in [0.25, 0.3) is 11.3 Å². The molecule has 3 atom stereocenters. The maximum Gasteiger partial charge on any atom is 0.387 e. The fourth-order valence-corrected chi connectivity index (χ4v) is 4.32. The van der Waals surface area contributed by atoms with Crippen molar-refractivity contribution in [3.8, 4) is 17.0 Å². The zero-order valence-electron chi connectivity index (χ0n) is 15.3. The fraction of sp³-hybridized carbons (Fsp3) is 0.579. The van der Waals surface area contributed by atoms with Gasteiger partial charge in [-0.15, -0.1) is 0 Å². The SMILES string of the molecule is CCC(C)n1nc(-c2cnc(N)c(OC(F)F)c2)cc1C1C2CC(F)CC21. The number of anilines is 1. The molecule has 2 fully saturated rings. The third-order valence-corrected chi connectivity index (χ3v) is 5.90. The number of pyridine rings is 1. The van der Waals surface area contributed by atoms with E-state index >= 15 is 0 Å². The van der Waals surface area contributed by atoms with Crippen LogP contribution in [0.2, 0.25) is 0 Å². The molecule has 4 rings (SSSR count). The Kier molecular flexibility index (Phi) is 4.52. The number of nitrogens with two attached hydrogens (primary N) is 1. The van der Waals surface area contributed by atoms with E-state index in [9.17, 15) is 13.2 Å². The number of rotatable bonds is 6. The van der Waals surface area contributed by atoms with E-state index in [2.05, 4.69) is 23.6 Å². The summed E-state index contributed by atoms with van der Waals surface area (Å²) in [4.78, 5) is 3.96. The number of halogens is 3. The number of hydrogen-bond acceptors (Lipinski definition) is 4. The largest absolute Gasteiger partial charge is 0.431 e. The number of fused-ring (bicyclic) bond motifs is 1. The third-order valence-electron chi connectivity index (χ3n) is 5.90. The van der Waals surface area contributed by atoms with Crippen LogP contribution >= 0.6 is 0 Å². The first-order valence-electron chi connectivity index (χ1n) is 9.33. The number of nitrogen functional groups attached to an aromatic ring is 1. The van der Waals surface area contributed by atoms with Gasteiger partial charge in [0.05, 0.1) is 5.69 Å². The van der Waals surface area contributed by atoms with Crippen LogP contribution in [-0.2, 0) is 0 Å². The average molecular weight is 380 g/mol. The van der Waals surface area contributed by atoms with E-state index in [-0.39, 0.29) is 17.6 Å². The minimum Gasteiger partial charge on any atom is -0.431 e. The molecule has 2 aliphatic carbocycles. The lowest BCUT2D eigenvalue weighted by molar-refractivity contribution is -0.0494. The summed E-state index contributed by atoms with van der Waals surface area (Å²) in [6.45, 7) is 1.20. The van der Waals surface area contributed by atoms with E-state index in [1.54, 1.807) is 0 Å². The van der Waals surface area contributed by atoms with Crippen molar-refractivity contribution in [3.05, 3.63) is 24.0 Å². The van der Waals surface area contributed by atoms with Gasteiger partial charge < -0.3 is 10.5 Å². The number of alkyl halides is 3. The van der Waals surface area contributed by atoms with E-state index in [1.165, 1.54) is 12.3 Å². The summed E-state index contributed by atoms with van der Waals surface area (Å²) in [5.41, 5.74) is 7.92. The van der Waals surface area contributed by atoms with E-state index in [1.807, 2.05) is 10.7 Å². The second kappa shape index (κ2) is 6.73. The van der Waals surface area contributed by atoms with Crippen molar-refractivity contribution < 1.29 is 17.9 Å². The molecule has 2 heterocycles. The second-order valence-electron chi connectivity index (χ2n) is 7.56. The number of nitrogens with zero attached hydrogens (tertiary/aromatic N) is 3. The second-order valence-corrected chi connectivity index (χ2v) is 7.56. The molecular formula is C19H23F3N4O. The Balaban J connectivity index is 1.68. The van der Waals surface area contributed by atoms with Crippen LogP contribution in [-0.4, -0.2) is 27.5 Å². The van der Waals surface area contributed by atoms with Crippen LogP contribution in [0.3, 0.4) is 0 Å². The lowest BCUT2D eigenvalue weighted by Crippen LogP contribution is -2.11. The fourth-order valence-electron chi connectivity index (χ4n) is 4.32. The van der Waals surface area contributed by atoms with Crippen LogP contribution in [0.4, 0.5) is 19.0 Å². The Morgan fingerprint density at radius 2 is 2.00 bits per heavy atom. The van der Waals surface area contributed by atoms with Gasteiger partial charge in [0.15, 0.2) is 11.6 Å². The zero-order valence-corrected chi connectivity index (χ0v) is 15.3. The van der Waals surface area contributed by atoms with E-state index < -0.39 is 12.8 Å². The van der Waals surface area contributed by atoms with Gasteiger partial charge in [-0.3, -0.25) is 4.68 Å². The van der Waals surface area contributed by atoms with Gasteiger partial charge in [-0.2, -0.15) is 13.9 Å². The number of aromatic nitrogens is 3. The first-order valence-corrected chi connectivity index (χ1v) is 9.33. The molecule has 3 unspecified atom stereocenters. The Morgan fingerprint density at radius 3 is 2.63 bits per heavy atom. The molecule has 27 heavy (non-hydrogen) atoms. The van der Waals surface area contributed by atoms with E-state index in [0.717, 1.165) is 12.1 Å². The standard InChI is InChI=1S/C19H23F3N4O/c1-3-9(2)26-15(17-12-5-11(20)6-13(12)17)7-14(25-26)10-4-16(27-19(21)22)18(23)24-8-10/h4,7-9,11-13,17,19H,3,5-6H2,1-2H3,(H2,23,24). The molecule has 0 radical (unpaired) electrons. The average Bonchev–Trinajstić information content (AvgIpc) is 2.98. The molecular weight excluding hydrogens is 357 g/mol. The first-order chi connectivity index (χ1) is 12.9. The summed E-state index contributed by atoms with van der Waals surface area (Å²) >= 11 is 0. The number of ether oxygens (including phenoxy) is 1. The molecule has 2 N–H and O–H groups in total. The van der Waals surface area contributed by atoms with Gasteiger partial charge in [0.25, 0.3) is 0 Å². The molecule has 0 bridgehead atoms. The molecule has 0 saturated heterocycles. The van der Waals surface area contributed by atoms with Crippen LogP contribution in [0, 0.1) is 11.8 Å². The van der Waals surface area contributed by atoms with Crippen LogP contribution < -0.4 is 10.5 Å². The highest BCUT2D eigenvalue weighted by atomic mass is 19.3. The molecule has 2 aliphatic rings. The molecule has 2 saturated carbocycles. The van der Waals surface area contributed by atoms with Crippen molar-refractivity contribution in [2.24, 2.45) is 11.8 Å². The quantitative estimate of drug-likeness (QED) is 0.798. The van der Waals surface area contributed by atoms with Crippen LogP contribution in [0.15, 0.2) is 18.3 Å². The smallest absolute Gasteiger partial charge is 0.387 e. The van der Waals surface area contributed by atoms with Crippen LogP contribution in [0.5, 0.6) is 5.75 Å². The minimum absolute atomic E-state index is 0.0913. The molecule has 146 valence electrons. The molecule has 0 amide bonds. The highest BCUT2D eigenvalue weighted by Crippen LogP contribution is 2.64. The van der Waals surface area contributed by atoms with Gasteiger partial charge in [-0.05, 0) is 50.2 Å². The summed E-state index contributed by atoms with van der Waals surface area (Å²) < 4.78 is 45.2. The first kappa shape index (κ1) is 18.1. The van der Waals surface area contributed by atoms with E-state index in [4.69, 9.17) is 10.8 Å². The number of hydrogen-bond donors (Lipinski definition) is 1. The van der Waals surface area contributed by atoms with E-state index in [0.29, 0.717) is 41.9 Å². The predicted molar refractivity (Wildman–Crippen MR) is 95.4 cm³/mol. The third kappa shape index (κ3) is 3.26. The van der Waals surface area contributed by atoms with Crippen molar-refractivity contribution in [1.29, 1.82) is 0 Å². The Bertz CT molecular complexity index is 828. The molecule has 8 heteroatoms. The lowest BCUT2D eigenvalue weighted by atomic mass is 10.1. The highest BCUT2D eigenvalue weighted by molar-refractivity contribution is 5.64. The van der Waals surface area contributed by atoms with Gasteiger partial charge in [0, 0.05) is 29.4 Å².